The monoisotopic (exact) mass is 338 g/mol. The number of hydrogen-bond acceptors (Lipinski definition) is 4. The number of nitrogens with zero attached hydrogens (tertiary/aromatic N) is 1. The number of ether oxygens (including phenoxy) is 1. The van der Waals surface area contributed by atoms with E-state index in [1.165, 1.54) is 0 Å². The van der Waals surface area contributed by atoms with Gasteiger partial charge in [-0.15, -0.1) is 0 Å². The number of para-hydroxylation sites is 1. The summed E-state index contributed by atoms with van der Waals surface area (Å²) in [4.78, 5) is 23.5. The Morgan fingerprint density at radius 1 is 0.960 bits per heavy atom. The molecule has 0 spiro atoms. The Labute approximate surface area is 145 Å². The Morgan fingerprint density at radius 2 is 1.64 bits per heavy atom. The predicted molar refractivity (Wildman–Crippen MR) is 94.3 cm³/mol. The number of hydrogen-bond donors (Lipinski definition) is 3. The van der Waals surface area contributed by atoms with Crippen molar-refractivity contribution >= 4 is 23.3 Å². The van der Waals surface area contributed by atoms with Crippen LogP contribution in [0.2, 0.25) is 0 Å². The summed E-state index contributed by atoms with van der Waals surface area (Å²) in [5.74, 6) is 0.338. The predicted octanol–water partition coefficient (Wildman–Crippen LogP) is 2.74. The maximum atomic E-state index is 11.9. The average Bonchev–Trinajstić information content (AvgIpc) is 2.62. The van der Waals surface area contributed by atoms with Crippen molar-refractivity contribution in [2.24, 2.45) is 0 Å². The minimum atomic E-state index is -0.363. The SMILES string of the molecule is N#CCOc1ccc(NC(=O)CCNC(=O)Nc2ccccc2)cc1. The van der Waals surface area contributed by atoms with Gasteiger partial charge in [-0.1, -0.05) is 18.2 Å². The van der Waals surface area contributed by atoms with Gasteiger partial charge in [0.1, 0.15) is 11.8 Å². The van der Waals surface area contributed by atoms with Crippen LogP contribution in [0, 0.1) is 11.3 Å². The van der Waals surface area contributed by atoms with Gasteiger partial charge in [0.05, 0.1) is 0 Å². The number of nitrogens with one attached hydrogen (secondary N) is 3. The molecule has 3 N–H and O–H groups in total. The molecule has 0 aromatic heterocycles. The van der Waals surface area contributed by atoms with Gasteiger partial charge in [-0.2, -0.15) is 5.26 Å². The van der Waals surface area contributed by atoms with Gasteiger partial charge in [-0.05, 0) is 36.4 Å². The summed E-state index contributed by atoms with van der Waals surface area (Å²) in [5.41, 5.74) is 1.30. The van der Waals surface area contributed by atoms with E-state index in [4.69, 9.17) is 10.00 Å². The summed E-state index contributed by atoms with van der Waals surface area (Å²) < 4.78 is 5.13. The van der Waals surface area contributed by atoms with Crippen LogP contribution in [0.25, 0.3) is 0 Å². The van der Waals surface area contributed by atoms with Crippen molar-refractivity contribution in [2.75, 3.05) is 23.8 Å². The zero-order valence-corrected chi connectivity index (χ0v) is 13.5. The van der Waals surface area contributed by atoms with Gasteiger partial charge in [-0.25, -0.2) is 4.79 Å². The number of anilines is 2. The molecule has 7 nitrogen and oxygen atoms in total. The van der Waals surface area contributed by atoms with Gasteiger partial charge in [0.15, 0.2) is 6.61 Å². The lowest BCUT2D eigenvalue weighted by molar-refractivity contribution is -0.116. The van der Waals surface area contributed by atoms with E-state index in [2.05, 4.69) is 16.0 Å². The number of benzene rings is 2. The molecule has 0 aliphatic rings. The molecule has 0 aliphatic heterocycles. The van der Waals surface area contributed by atoms with Crippen LogP contribution in [-0.4, -0.2) is 25.1 Å². The highest BCUT2D eigenvalue weighted by molar-refractivity contribution is 5.92. The fraction of sp³-hybridized carbons (Fsp3) is 0.167. The summed E-state index contributed by atoms with van der Waals surface area (Å²) in [6, 6.07) is 17.3. The molecule has 3 amide bonds. The van der Waals surface area contributed by atoms with E-state index in [-0.39, 0.29) is 31.5 Å². The Morgan fingerprint density at radius 3 is 2.32 bits per heavy atom. The first-order chi connectivity index (χ1) is 12.2. The maximum absolute atomic E-state index is 11.9. The number of rotatable bonds is 7. The van der Waals surface area contributed by atoms with E-state index in [0.29, 0.717) is 17.1 Å². The molecule has 2 aromatic carbocycles. The molecular formula is C18H18N4O3. The molecule has 0 bridgehead atoms. The first-order valence-electron chi connectivity index (χ1n) is 7.67. The molecule has 2 rings (SSSR count). The normalized spacial score (nSPS) is 9.56. The van der Waals surface area contributed by atoms with Crippen molar-refractivity contribution in [1.82, 2.24) is 5.32 Å². The van der Waals surface area contributed by atoms with Crippen molar-refractivity contribution in [3.05, 3.63) is 54.6 Å². The van der Waals surface area contributed by atoms with Crippen LogP contribution in [0.3, 0.4) is 0 Å². The molecule has 0 heterocycles. The van der Waals surface area contributed by atoms with Gasteiger partial charge < -0.3 is 20.7 Å². The van der Waals surface area contributed by atoms with Crippen LogP contribution in [0.5, 0.6) is 5.75 Å². The number of nitriles is 1. The van der Waals surface area contributed by atoms with E-state index < -0.39 is 0 Å². The van der Waals surface area contributed by atoms with Gasteiger partial charge in [0.25, 0.3) is 0 Å². The third-order valence-corrected chi connectivity index (χ3v) is 3.11. The Balaban J connectivity index is 1.68. The van der Waals surface area contributed by atoms with Gasteiger partial charge in [0.2, 0.25) is 5.91 Å². The first kappa shape index (κ1) is 17.8. The quantitative estimate of drug-likeness (QED) is 0.722. The Bertz CT molecular complexity index is 739. The van der Waals surface area contributed by atoms with Gasteiger partial charge >= 0.3 is 6.03 Å². The Hall–Kier alpha value is -3.53. The zero-order chi connectivity index (χ0) is 17.9. The molecule has 0 unspecified atom stereocenters. The lowest BCUT2D eigenvalue weighted by Gasteiger charge is -2.08. The fourth-order valence-electron chi connectivity index (χ4n) is 1.96. The number of carbonyl (C=O) groups is 2. The topological polar surface area (TPSA) is 103 Å². The smallest absolute Gasteiger partial charge is 0.319 e. The van der Waals surface area contributed by atoms with Crippen molar-refractivity contribution in [2.45, 2.75) is 6.42 Å². The van der Waals surface area contributed by atoms with Gasteiger partial charge in [0, 0.05) is 24.3 Å². The second-order valence-electron chi connectivity index (χ2n) is 5.02. The van der Waals surface area contributed by atoms with Crippen molar-refractivity contribution in [1.29, 1.82) is 5.26 Å². The molecule has 2 aromatic rings. The summed E-state index contributed by atoms with van der Waals surface area (Å²) in [7, 11) is 0. The largest absolute Gasteiger partial charge is 0.479 e. The van der Waals surface area contributed by atoms with Crippen molar-refractivity contribution in [3.63, 3.8) is 0 Å². The molecule has 0 radical (unpaired) electrons. The third kappa shape index (κ3) is 6.62. The highest BCUT2D eigenvalue weighted by atomic mass is 16.5. The summed E-state index contributed by atoms with van der Waals surface area (Å²) >= 11 is 0. The fourth-order valence-corrected chi connectivity index (χ4v) is 1.96. The standard InChI is InChI=1S/C18H18N4O3/c19-11-13-25-16-8-6-15(7-9-16)21-17(23)10-12-20-18(24)22-14-4-2-1-3-5-14/h1-9H,10,12-13H2,(H,21,23)(H2,20,22,24). The third-order valence-electron chi connectivity index (χ3n) is 3.11. The second kappa shape index (κ2) is 9.57. The van der Waals surface area contributed by atoms with Crippen LogP contribution in [-0.2, 0) is 4.79 Å². The van der Waals surface area contributed by atoms with E-state index in [1.807, 2.05) is 24.3 Å². The van der Waals surface area contributed by atoms with E-state index in [0.717, 1.165) is 0 Å². The van der Waals surface area contributed by atoms with Crippen molar-refractivity contribution in [3.8, 4) is 11.8 Å². The highest BCUT2D eigenvalue weighted by Gasteiger charge is 2.05. The van der Waals surface area contributed by atoms with Crippen molar-refractivity contribution < 1.29 is 14.3 Å². The van der Waals surface area contributed by atoms with Crippen LogP contribution in [0.15, 0.2) is 54.6 Å². The molecule has 0 saturated heterocycles. The van der Waals surface area contributed by atoms with Crippen LogP contribution >= 0.6 is 0 Å². The maximum Gasteiger partial charge on any atom is 0.319 e. The zero-order valence-electron chi connectivity index (χ0n) is 13.5. The second-order valence-corrected chi connectivity index (χ2v) is 5.02. The summed E-state index contributed by atoms with van der Waals surface area (Å²) in [5, 5.41) is 16.4. The van der Waals surface area contributed by atoms with Crippen LogP contribution in [0.4, 0.5) is 16.2 Å². The molecule has 0 aliphatic carbocycles. The molecule has 128 valence electrons. The lowest BCUT2D eigenvalue weighted by Crippen LogP contribution is -2.31. The number of carbonyl (C=O) groups excluding carboxylic acids is 2. The molecule has 7 heteroatoms. The summed E-state index contributed by atoms with van der Waals surface area (Å²) in [6.45, 7) is 0.191. The van der Waals surface area contributed by atoms with Crippen LogP contribution in [0.1, 0.15) is 6.42 Å². The molecule has 25 heavy (non-hydrogen) atoms. The average molecular weight is 338 g/mol. The molecule has 0 atom stereocenters. The summed E-state index contributed by atoms with van der Waals surface area (Å²) in [6.07, 6.45) is 0.148. The number of amides is 3. The Kier molecular flexibility index (Phi) is 6.82. The molecule has 0 saturated carbocycles. The molecular weight excluding hydrogens is 320 g/mol. The highest BCUT2D eigenvalue weighted by Crippen LogP contribution is 2.15. The number of urea groups is 1. The van der Waals surface area contributed by atoms with E-state index in [1.54, 1.807) is 36.4 Å². The van der Waals surface area contributed by atoms with E-state index in [9.17, 15) is 9.59 Å². The molecule has 0 fully saturated rings. The van der Waals surface area contributed by atoms with Gasteiger partial charge in [-0.3, -0.25) is 4.79 Å². The van der Waals surface area contributed by atoms with E-state index >= 15 is 0 Å². The minimum absolute atomic E-state index is 0.0254. The lowest BCUT2D eigenvalue weighted by atomic mass is 10.3. The van der Waals surface area contributed by atoms with Crippen LogP contribution < -0.4 is 20.7 Å². The first-order valence-corrected chi connectivity index (χ1v) is 7.67. The minimum Gasteiger partial charge on any atom is -0.479 e.